The summed E-state index contributed by atoms with van der Waals surface area (Å²) in [6.45, 7) is 3.42. The van der Waals surface area contributed by atoms with Crippen LogP contribution in [-0.2, 0) is 24.2 Å². The summed E-state index contributed by atoms with van der Waals surface area (Å²) in [4.78, 5) is 12.5. The van der Waals surface area contributed by atoms with E-state index < -0.39 is 0 Å². The molecule has 0 aliphatic carbocycles. The molecule has 0 aliphatic rings. The molecule has 35 heavy (non-hydrogen) atoms. The molecule has 0 spiro atoms. The van der Waals surface area contributed by atoms with Gasteiger partial charge in [0.15, 0.2) is 11.0 Å². The van der Waals surface area contributed by atoms with Crippen molar-refractivity contribution in [3.8, 4) is 17.1 Å². The highest BCUT2D eigenvalue weighted by Gasteiger charge is 2.16. The summed E-state index contributed by atoms with van der Waals surface area (Å²) in [5, 5.41) is 12.6. The Balaban J connectivity index is 1.42. The first-order chi connectivity index (χ1) is 17.1. The van der Waals surface area contributed by atoms with Gasteiger partial charge in [-0.25, -0.2) is 0 Å². The molecule has 1 N–H and O–H groups in total. The van der Waals surface area contributed by atoms with Crippen LogP contribution in [0.3, 0.4) is 0 Å². The molecule has 1 amide bonds. The number of carbonyl (C=O) groups excluding carboxylic acids is 1. The first-order valence-electron chi connectivity index (χ1n) is 11.7. The minimum Gasteiger partial charge on any atom is -0.497 e. The summed E-state index contributed by atoms with van der Waals surface area (Å²) in [6, 6.07) is 26.4. The second-order valence-electron chi connectivity index (χ2n) is 8.24. The van der Waals surface area contributed by atoms with Crippen molar-refractivity contribution < 1.29 is 9.53 Å². The Morgan fingerprint density at radius 1 is 0.943 bits per heavy atom. The Labute approximate surface area is 210 Å². The minimum atomic E-state index is -0.00723. The molecule has 0 fully saturated rings. The lowest BCUT2D eigenvalue weighted by Gasteiger charge is -2.11. The molecule has 0 aliphatic heterocycles. The topological polar surface area (TPSA) is 69.0 Å². The third-order valence-electron chi connectivity index (χ3n) is 5.84. The average Bonchev–Trinajstić information content (AvgIpc) is 3.30. The van der Waals surface area contributed by atoms with Crippen LogP contribution in [0.1, 0.15) is 16.7 Å². The van der Waals surface area contributed by atoms with Gasteiger partial charge in [-0.05, 0) is 60.7 Å². The summed E-state index contributed by atoms with van der Waals surface area (Å²) in [5.41, 5.74) is 4.70. The molecular weight excluding hydrogens is 456 g/mol. The number of amides is 1. The molecule has 6 nitrogen and oxygen atoms in total. The number of thioether (sulfide) groups is 1. The van der Waals surface area contributed by atoms with Gasteiger partial charge in [0.2, 0.25) is 5.91 Å². The molecule has 0 bridgehead atoms. The van der Waals surface area contributed by atoms with Crippen LogP contribution in [0.2, 0.25) is 0 Å². The van der Waals surface area contributed by atoms with E-state index in [0.29, 0.717) is 12.3 Å². The molecular formula is C28H30N4O2S. The van der Waals surface area contributed by atoms with E-state index in [2.05, 4.69) is 51.3 Å². The zero-order valence-electron chi connectivity index (χ0n) is 20.1. The van der Waals surface area contributed by atoms with Gasteiger partial charge < -0.3 is 14.6 Å². The van der Waals surface area contributed by atoms with Crippen molar-refractivity contribution in [2.75, 3.05) is 19.4 Å². The number of hydrogen-bond acceptors (Lipinski definition) is 5. The quantitative estimate of drug-likeness (QED) is 0.304. The van der Waals surface area contributed by atoms with Crippen molar-refractivity contribution in [1.29, 1.82) is 0 Å². The van der Waals surface area contributed by atoms with E-state index in [1.165, 1.54) is 28.5 Å². The van der Waals surface area contributed by atoms with E-state index in [1.54, 1.807) is 7.11 Å². The van der Waals surface area contributed by atoms with Crippen LogP contribution < -0.4 is 10.1 Å². The molecule has 0 atom stereocenters. The molecule has 4 aromatic rings. The number of nitrogens with one attached hydrogen (secondary N) is 1. The van der Waals surface area contributed by atoms with Crippen molar-refractivity contribution in [1.82, 2.24) is 20.1 Å². The normalized spacial score (nSPS) is 10.8. The third kappa shape index (κ3) is 6.73. The van der Waals surface area contributed by atoms with E-state index >= 15 is 0 Å². The maximum atomic E-state index is 12.5. The molecule has 1 heterocycles. The van der Waals surface area contributed by atoms with Crippen LogP contribution in [0.15, 0.2) is 84.0 Å². The number of carbonyl (C=O) groups is 1. The highest BCUT2D eigenvalue weighted by atomic mass is 32.2. The zero-order chi connectivity index (χ0) is 24.5. The van der Waals surface area contributed by atoms with Gasteiger partial charge in [-0.3, -0.25) is 4.79 Å². The van der Waals surface area contributed by atoms with Crippen LogP contribution in [0.4, 0.5) is 0 Å². The van der Waals surface area contributed by atoms with Gasteiger partial charge in [-0.15, -0.1) is 10.2 Å². The largest absolute Gasteiger partial charge is 0.497 e. The predicted octanol–water partition coefficient (Wildman–Crippen LogP) is 4.96. The number of hydrogen-bond donors (Lipinski definition) is 1. The van der Waals surface area contributed by atoms with Gasteiger partial charge in [0.05, 0.1) is 12.9 Å². The maximum absolute atomic E-state index is 12.5. The summed E-state index contributed by atoms with van der Waals surface area (Å²) < 4.78 is 7.38. The Bertz CT molecular complexity index is 1240. The monoisotopic (exact) mass is 486 g/mol. The SMILES string of the molecule is COc1ccc(-c2nnc(SCC(=O)NCCc3ccccc3C)n2CCc2ccccc2)cc1. The fraction of sp³-hybridized carbons (Fsp3) is 0.250. The number of aromatic nitrogens is 3. The van der Waals surface area contributed by atoms with Crippen molar-refractivity contribution in [3.63, 3.8) is 0 Å². The lowest BCUT2D eigenvalue weighted by atomic mass is 10.1. The van der Waals surface area contributed by atoms with E-state index in [4.69, 9.17) is 4.74 Å². The van der Waals surface area contributed by atoms with Gasteiger partial charge in [0.1, 0.15) is 5.75 Å². The second-order valence-corrected chi connectivity index (χ2v) is 9.18. The average molecular weight is 487 g/mol. The Morgan fingerprint density at radius 3 is 2.43 bits per heavy atom. The van der Waals surface area contributed by atoms with Gasteiger partial charge in [0, 0.05) is 18.7 Å². The minimum absolute atomic E-state index is 0.00723. The van der Waals surface area contributed by atoms with Crippen LogP contribution >= 0.6 is 11.8 Å². The van der Waals surface area contributed by atoms with Gasteiger partial charge in [-0.2, -0.15) is 0 Å². The molecule has 7 heteroatoms. The third-order valence-corrected chi connectivity index (χ3v) is 6.81. The van der Waals surface area contributed by atoms with Crippen molar-refractivity contribution in [3.05, 3.63) is 95.6 Å². The Morgan fingerprint density at radius 2 is 1.69 bits per heavy atom. The van der Waals surface area contributed by atoms with Gasteiger partial charge >= 0.3 is 0 Å². The molecule has 4 rings (SSSR count). The highest BCUT2D eigenvalue weighted by Crippen LogP contribution is 2.26. The fourth-order valence-corrected chi connectivity index (χ4v) is 4.64. The summed E-state index contributed by atoms with van der Waals surface area (Å²) in [5.74, 6) is 1.86. The van der Waals surface area contributed by atoms with Crippen LogP contribution in [-0.4, -0.2) is 40.1 Å². The van der Waals surface area contributed by atoms with Gasteiger partial charge in [0.25, 0.3) is 0 Å². The lowest BCUT2D eigenvalue weighted by molar-refractivity contribution is -0.118. The van der Waals surface area contributed by atoms with Crippen molar-refractivity contribution in [2.24, 2.45) is 0 Å². The van der Waals surface area contributed by atoms with E-state index in [9.17, 15) is 4.79 Å². The standard InChI is InChI=1S/C28H30N4O2S/c1-21-8-6-7-11-23(21)16-18-29-26(33)20-35-28-31-30-27(24-12-14-25(34-2)15-13-24)32(28)19-17-22-9-4-3-5-10-22/h3-15H,16-20H2,1-2H3,(H,29,33). The summed E-state index contributed by atoms with van der Waals surface area (Å²) in [7, 11) is 1.65. The summed E-state index contributed by atoms with van der Waals surface area (Å²) >= 11 is 1.42. The first kappa shape index (κ1) is 24.5. The molecule has 1 aromatic heterocycles. The van der Waals surface area contributed by atoms with E-state index in [1.807, 2.05) is 54.6 Å². The second kappa shape index (κ2) is 12.2. The number of aryl methyl sites for hydroxylation is 2. The molecule has 0 saturated heterocycles. The number of nitrogens with zero attached hydrogens (tertiary/aromatic N) is 3. The predicted molar refractivity (Wildman–Crippen MR) is 141 cm³/mol. The van der Waals surface area contributed by atoms with Crippen LogP contribution in [0.5, 0.6) is 5.75 Å². The van der Waals surface area contributed by atoms with Crippen molar-refractivity contribution >= 4 is 17.7 Å². The number of ether oxygens (including phenoxy) is 1. The number of benzene rings is 3. The molecule has 180 valence electrons. The molecule has 0 unspecified atom stereocenters. The fourth-order valence-electron chi connectivity index (χ4n) is 3.84. The zero-order valence-corrected chi connectivity index (χ0v) is 20.9. The molecule has 3 aromatic carbocycles. The molecule has 0 radical (unpaired) electrons. The van der Waals surface area contributed by atoms with Gasteiger partial charge in [-0.1, -0.05) is 66.4 Å². The number of methoxy groups -OCH3 is 1. The maximum Gasteiger partial charge on any atom is 0.230 e. The number of rotatable bonds is 11. The Kier molecular flexibility index (Phi) is 8.57. The van der Waals surface area contributed by atoms with Crippen molar-refractivity contribution in [2.45, 2.75) is 31.5 Å². The molecule has 0 saturated carbocycles. The van der Waals surface area contributed by atoms with E-state index in [-0.39, 0.29) is 5.91 Å². The smallest absolute Gasteiger partial charge is 0.230 e. The van der Waals surface area contributed by atoms with Crippen LogP contribution in [0, 0.1) is 6.92 Å². The van der Waals surface area contributed by atoms with Crippen LogP contribution in [0.25, 0.3) is 11.4 Å². The first-order valence-corrected chi connectivity index (χ1v) is 12.7. The Hall–Kier alpha value is -3.58. The summed E-state index contributed by atoms with van der Waals surface area (Å²) in [6.07, 6.45) is 1.66. The van der Waals surface area contributed by atoms with E-state index in [0.717, 1.165) is 41.7 Å². The highest BCUT2D eigenvalue weighted by molar-refractivity contribution is 7.99. The lowest BCUT2D eigenvalue weighted by Crippen LogP contribution is -2.27.